The van der Waals surface area contributed by atoms with Crippen molar-refractivity contribution < 1.29 is 0 Å². The predicted molar refractivity (Wildman–Crippen MR) is 67.1 cm³/mol. The molecule has 2 aliphatic carbocycles. The van der Waals surface area contributed by atoms with Crippen molar-refractivity contribution in [2.24, 2.45) is 11.8 Å². The highest BCUT2D eigenvalue weighted by Gasteiger charge is 2.48. The van der Waals surface area contributed by atoms with Gasteiger partial charge in [-0.3, -0.25) is 5.32 Å². The molecule has 0 bridgehead atoms. The molecule has 2 heteroatoms. The quantitative estimate of drug-likeness (QED) is 0.734. The van der Waals surface area contributed by atoms with Crippen molar-refractivity contribution in [3.8, 4) is 0 Å². The molecule has 1 spiro atoms. The maximum absolute atomic E-state index is 3.92. The molecule has 2 unspecified atom stereocenters. The molecule has 1 saturated heterocycles. The zero-order valence-electron chi connectivity index (χ0n) is 10.0. The van der Waals surface area contributed by atoms with Gasteiger partial charge in [0.15, 0.2) is 0 Å². The molecule has 1 N–H and O–H groups in total. The second-order valence-electron chi connectivity index (χ2n) is 6.49. The normalized spacial score (nSPS) is 44.8. The number of nitrogens with one attached hydrogen (secondary N) is 1. The van der Waals surface area contributed by atoms with Gasteiger partial charge in [-0.2, -0.15) is 0 Å². The summed E-state index contributed by atoms with van der Waals surface area (Å²) in [5, 5.41) is 3.92. The van der Waals surface area contributed by atoms with E-state index < -0.39 is 0 Å². The Balaban J connectivity index is 1.70. The summed E-state index contributed by atoms with van der Waals surface area (Å²) >= 11 is 2.21. The van der Waals surface area contributed by atoms with E-state index in [9.17, 15) is 0 Å². The van der Waals surface area contributed by atoms with Crippen LogP contribution in [0.4, 0.5) is 0 Å². The third-order valence-electron chi connectivity index (χ3n) is 4.31. The van der Waals surface area contributed by atoms with Gasteiger partial charge in [-0.15, -0.1) is 11.8 Å². The summed E-state index contributed by atoms with van der Waals surface area (Å²) in [6.45, 7) is 4.71. The first-order chi connectivity index (χ1) is 7.09. The summed E-state index contributed by atoms with van der Waals surface area (Å²) in [7, 11) is 0. The van der Waals surface area contributed by atoms with Crippen molar-refractivity contribution >= 4 is 11.8 Å². The van der Waals surface area contributed by atoms with E-state index in [4.69, 9.17) is 0 Å². The standard InChI is InChI=1S/C13H23NS/c1-12(2)9-15-13(14-12)7-3-4-11(8-13)10-5-6-10/h10-11,14H,3-9H2,1-2H3. The molecule has 15 heavy (non-hydrogen) atoms. The molecule has 0 amide bonds. The summed E-state index contributed by atoms with van der Waals surface area (Å²) in [6.07, 6.45) is 8.87. The Kier molecular flexibility index (Phi) is 2.37. The van der Waals surface area contributed by atoms with E-state index in [-0.39, 0.29) is 0 Å². The maximum atomic E-state index is 3.92. The van der Waals surface area contributed by atoms with Crippen LogP contribution in [0.15, 0.2) is 0 Å². The van der Waals surface area contributed by atoms with Crippen LogP contribution in [0, 0.1) is 11.8 Å². The molecular weight excluding hydrogens is 202 g/mol. The van der Waals surface area contributed by atoms with Gasteiger partial charge >= 0.3 is 0 Å². The van der Waals surface area contributed by atoms with Gasteiger partial charge in [0, 0.05) is 11.3 Å². The minimum Gasteiger partial charge on any atom is -0.297 e. The van der Waals surface area contributed by atoms with Gasteiger partial charge in [0.2, 0.25) is 0 Å². The maximum Gasteiger partial charge on any atom is 0.0652 e. The third kappa shape index (κ3) is 2.08. The molecule has 0 aromatic rings. The lowest BCUT2D eigenvalue weighted by molar-refractivity contribution is 0.218. The van der Waals surface area contributed by atoms with E-state index in [0.29, 0.717) is 10.4 Å². The second-order valence-corrected chi connectivity index (χ2v) is 7.84. The van der Waals surface area contributed by atoms with Crippen LogP contribution >= 0.6 is 11.8 Å². The fraction of sp³-hybridized carbons (Fsp3) is 1.00. The Morgan fingerprint density at radius 3 is 2.53 bits per heavy atom. The summed E-state index contributed by atoms with van der Waals surface area (Å²) in [6, 6.07) is 0. The highest BCUT2D eigenvalue weighted by Crippen LogP contribution is 2.52. The minimum atomic E-state index is 0.371. The Morgan fingerprint density at radius 2 is 1.93 bits per heavy atom. The van der Waals surface area contributed by atoms with Gasteiger partial charge in [0.25, 0.3) is 0 Å². The van der Waals surface area contributed by atoms with Crippen LogP contribution in [0.25, 0.3) is 0 Å². The van der Waals surface area contributed by atoms with Gasteiger partial charge < -0.3 is 0 Å². The molecule has 0 radical (unpaired) electrons. The van der Waals surface area contributed by atoms with E-state index in [2.05, 4.69) is 30.9 Å². The molecular formula is C13H23NS. The molecule has 2 saturated carbocycles. The monoisotopic (exact) mass is 225 g/mol. The van der Waals surface area contributed by atoms with Crippen LogP contribution in [-0.4, -0.2) is 16.2 Å². The van der Waals surface area contributed by atoms with Crippen molar-refractivity contribution in [2.45, 2.75) is 62.8 Å². The number of rotatable bonds is 1. The van der Waals surface area contributed by atoms with E-state index in [0.717, 1.165) is 11.8 Å². The van der Waals surface area contributed by atoms with E-state index in [1.165, 1.54) is 44.3 Å². The molecule has 3 fully saturated rings. The van der Waals surface area contributed by atoms with Crippen LogP contribution < -0.4 is 5.32 Å². The molecule has 1 nitrogen and oxygen atoms in total. The highest BCUT2D eigenvalue weighted by molar-refractivity contribution is 8.00. The Labute approximate surface area is 97.8 Å². The van der Waals surface area contributed by atoms with Crippen LogP contribution in [0.1, 0.15) is 52.4 Å². The summed E-state index contributed by atoms with van der Waals surface area (Å²) in [5.74, 6) is 3.45. The smallest absolute Gasteiger partial charge is 0.0652 e. The first-order valence-electron chi connectivity index (χ1n) is 6.52. The molecule has 86 valence electrons. The average molecular weight is 225 g/mol. The highest BCUT2D eigenvalue weighted by atomic mass is 32.2. The molecule has 0 aromatic carbocycles. The lowest BCUT2D eigenvalue weighted by Gasteiger charge is -2.39. The minimum absolute atomic E-state index is 0.371. The molecule has 1 aliphatic heterocycles. The fourth-order valence-corrected chi connectivity index (χ4v) is 5.18. The first kappa shape index (κ1) is 10.5. The van der Waals surface area contributed by atoms with Crippen LogP contribution in [-0.2, 0) is 0 Å². The number of thioether (sulfide) groups is 1. The van der Waals surface area contributed by atoms with Crippen molar-refractivity contribution in [1.29, 1.82) is 0 Å². The van der Waals surface area contributed by atoms with Crippen molar-refractivity contribution in [2.75, 3.05) is 5.75 Å². The predicted octanol–water partition coefficient (Wildman–Crippen LogP) is 3.40. The van der Waals surface area contributed by atoms with Crippen molar-refractivity contribution in [3.05, 3.63) is 0 Å². The van der Waals surface area contributed by atoms with E-state index in [1.807, 2.05) is 0 Å². The molecule has 0 aromatic heterocycles. The largest absolute Gasteiger partial charge is 0.297 e. The van der Waals surface area contributed by atoms with Gasteiger partial charge in [0.05, 0.1) is 4.87 Å². The third-order valence-corrected chi connectivity index (χ3v) is 6.20. The summed E-state index contributed by atoms with van der Waals surface area (Å²) in [5.41, 5.74) is 0.371. The van der Waals surface area contributed by atoms with E-state index >= 15 is 0 Å². The summed E-state index contributed by atoms with van der Waals surface area (Å²) < 4.78 is 0. The molecule has 1 heterocycles. The fourth-order valence-electron chi connectivity index (χ4n) is 3.50. The van der Waals surface area contributed by atoms with Gasteiger partial charge in [-0.1, -0.05) is 6.42 Å². The number of hydrogen-bond donors (Lipinski definition) is 1. The van der Waals surface area contributed by atoms with Crippen molar-refractivity contribution in [1.82, 2.24) is 5.32 Å². The van der Waals surface area contributed by atoms with Crippen molar-refractivity contribution in [3.63, 3.8) is 0 Å². The zero-order chi connectivity index (χ0) is 10.5. The summed E-state index contributed by atoms with van der Waals surface area (Å²) in [4.78, 5) is 0.467. The zero-order valence-corrected chi connectivity index (χ0v) is 10.8. The average Bonchev–Trinajstić information content (AvgIpc) is 2.95. The molecule has 3 rings (SSSR count). The Bertz CT molecular complexity index is 259. The topological polar surface area (TPSA) is 12.0 Å². The Morgan fingerprint density at radius 1 is 1.13 bits per heavy atom. The van der Waals surface area contributed by atoms with Gasteiger partial charge in [-0.05, 0) is 57.8 Å². The molecule has 3 aliphatic rings. The molecule has 2 atom stereocenters. The van der Waals surface area contributed by atoms with Gasteiger partial charge in [0.1, 0.15) is 0 Å². The van der Waals surface area contributed by atoms with Gasteiger partial charge in [-0.25, -0.2) is 0 Å². The first-order valence-corrected chi connectivity index (χ1v) is 7.51. The Hall–Kier alpha value is 0.310. The van der Waals surface area contributed by atoms with Crippen LogP contribution in [0.5, 0.6) is 0 Å². The lowest BCUT2D eigenvalue weighted by atomic mass is 9.81. The second kappa shape index (κ2) is 3.40. The van der Waals surface area contributed by atoms with Crippen LogP contribution in [0.3, 0.4) is 0 Å². The number of hydrogen-bond acceptors (Lipinski definition) is 2. The van der Waals surface area contributed by atoms with E-state index in [1.54, 1.807) is 0 Å². The lowest BCUT2D eigenvalue weighted by Crippen LogP contribution is -2.49. The van der Waals surface area contributed by atoms with Crippen LogP contribution in [0.2, 0.25) is 0 Å². The SMILES string of the molecule is CC1(C)CSC2(CCCC(C3CC3)C2)N1.